The van der Waals surface area contributed by atoms with Crippen molar-refractivity contribution in [3.8, 4) is 23.0 Å². The molecule has 0 spiro atoms. The number of halogens is 3. The Morgan fingerprint density at radius 2 is 1.71 bits per heavy atom. The summed E-state index contributed by atoms with van der Waals surface area (Å²) in [5.41, 5.74) is -0.680. The van der Waals surface area contributed by atoms with Crippen molar-refractivity contribution in [2.75, 3.05) is 0 Å². The molecule has 0 radical (unpaired) electrons. The summed E-state index contributed by atoms with van der Waals surface area (Å²) in [6, 6.07) is 15.0. The lowest BCUT2D eigenvalue weighted by atomic mass is 10.1. The van der Waals surface area contributed by atoms with Gasteiger partial charge in [-0.3, -0.25) is 4.68 Å². The Balaban J connectivity index is 1.53. The third-order valence-electron chi connectivity index (χ3n) is 4.62. The zero-order valence-electron chi connectivity index (χ0n) is 16.6. The molecule has 0 bridgehead atoms. The molecule has 31 heavy (non-hydrogen) atoms. The predicted molar refractivity (Wildman–Crippen MR) is 108 cm³/mol. The van der Waals surface area contributed by atoms with Gasteiger partial charge in [0.05, 0.1) is 17.7 Å². The van der Waals surface area contributed by atoms with Crippen LogP contribution in [0.2, 0.25) is 0 Å². The van der Waals surface area contributed by atoms with Crippen LogP contribution in [-0.2, 0) is 17.7 Å². The minimum atomic E-state index is -4.81. The molecule has 2 aromatic heterocycles. The van der Waals surface area contributed by atoms with Crippen LogP contribution < -0.4 is 0 Å². The normalized spacial score (nSPS) is 12.8. The second kappa shape index (κ2) is 8.20. The molecule has 1 atom stereocenters. The van der Waals surface area contributed by atoms with Gasteiger partial charge in [-0.15, -0.1) is 13.2 Å². The minimum Gasteiger partial charge on any atom is -0.604 e. The molecule has 4 aromatic rings. The second-order valence-corrected chi connectivity index (χ2v) is 8.45. The summed E-state index contributed by atoms with van der Waals surface area (Å²) in [5, 5.41) is 8.41. The summed E-state index contributed by atoms with van der Waals surface area (Å²) in [4.78, 5) is 3.95. The summed E-state index contributed by atoms with van der Waals surface area (Å²) in [5.74, 6) is 0.397. The molecule has 0 aliphatic carbocycles. The lowest BCUT2D eigenvalue weighted by Gasteiger charge is -2.11. The maximum absolute atomic E-state index is 12.6. The van der Waals surface area contributed by atoms with Crippen molar-refractivity contribution in [2.45, 2.75) is 30.8 Å². The predicted octanol–water partition coefficient (Wildman–Crippen LogP) is 4.89. The Hall–Kier alpha value is -3.11. The van der Waals surface area contributed by atoms with E-state index in [0.717, 1.165) is 23.4 Å². The zero-order valence-corrected chi connectivity index (χ0v) is 17.4. The molecule has 0 amide bonds. The zero-order chi connectivity index (χ0) is 22.2. The fraction of sp³-hybridized carbons (Fsp3) is 0.190. The van der Waals surface area contributed by atoms with Gasteiger partial charge >= 0.3 is 5.51 Å². The average Bonchev–Trinajstić information content (AvgIpc) is 3.36. The second-order valence-electron chi connectivity index (χ2n) is 6.98. The number of aryl methyl sites for hydroxylation is 2. The lowest BCUT2D eigenvalue weighted by molar-refractivity contribution is -0.0435. The molecule has 0 fully saturated rings. The lowest BCUT2D eigenvalue weighted by Crippen LogP contribution is -2.23. The van der Waals surface area contributed by atoms with E-state index < -0.39 is 16.7 Å². The first-order valence-electron chi connectivity index (χ1n) is 9.24. The van der Waals surface area contributed by atoms with Gasteiger partial charge < -0.3 is 9.08 Å². The number of nitrogens with zero attached hydrogens (tertiary/aromatic N) is 4. The van der Waals surface area contributed by atoms with E-state index in [2.05, 4.69) is 15.2 Å². The van der Waals surface area contributed by atoms with Crippen molar-refractivity contribution in [1.82, 2.24) is 19.9 Å². The van der Waals surface area contributed by atoms with Gasteiger partial charge in [-0.2, -0.15) is 10.1 Å². The van der Waals surface area contributed by atoms with Crippen LogP contribution in [-0.4, -0.2) is 30.0 Å². The number of aromatic nitrogens is 4. The van der Waals surface area contributed by atoms with E-state index in [1.165, 1.54) is 17.7 Å². The topological polar surface area (TPSA) is 79.8 Å². The molecule has 160 valence electrons. The van der Waals surface area contributed by atoms with Crippen LogP contribution in [0.25, 0.3) is 23.0 Å². The standard InChI is InChI=1S/C21H17F3N4O2S/c1-13-3-5-15(6-4-13)12-28-14(2)11-18(26-28)20-25-19(27-30-20)16-7-9-17(10-8-16)31(29)21(22,23)24/h3-11H,12H2,1-2H3. The van der Waals surface area contributed by atoms with Crippen molar-refractivity contribution in [3.63, 3.8) is 0 Å². The molecule has 0 saturated heterocycles. The summed E-state index contributed by atoms with van der Waals surface area (Å²) in [6.45, 7) is 4.53. The quantitative estimate of drug-likeness (QED) is 0.408. The van der Waals surface area contributed by atoms with Gasteiger partial charge in [0.1, 0.15) is 0 Å². The molecule has 6 nitrogen and oxygen atoms in total. The van der Waals surface area contributed by atoms with E-state index in [1.54, 1.807) is 0 Å². The summed E-state index contributed by atoms with van der Waals surface area (Å²) in [6.07, 6.45) is 0. The molecular weight excluding hydrogens is 429 g/mol. The first-order chi connectivity index (χ1) is 14.7. The van der Waals surface area contributed by atoms with Gasteiger partial charge in [-0.1, -0.05) is 35.0 Å². The Labute approximate surface area is 178 Å². The van der Waals surface area contributed by atoms with E-state index in [-0.39, 0.29) is 16.6 Å². The van der Waals surface area contributed by atoms with Crippen molar-refractivity contribution in [3.05, 3.63) is 71.4 Å². The molecule has 0 aliphatic rings. The largest absolute Gasteiger partial charge is 0.604 e. The summed E-state index contributed by atoms with van der Waals surface area (Å²) < 4.78 is 56.3. The Kier molecular flexibility index (Phi) is 5.59. The smallest absolute Gasteiger partial charge is 0.578 e. The van der Waals surface area contributed by atoms with Gasteiger partial charge in [0.2, 0.25) is 5.82 Å². The van der Waals surface area contributed by atoms with Crippen LogP contribution in [0, 0.1) is 13.8 Å². The molecule has 0 saturated carbocycles. The van der Waals surface area contributed by atoms with E-state index in [1.807, 2.05) is 48.9 Å². The highest BCUT2D eigenvalue weighted by Gasteiger charge is 2.46. The Morgan fingerprint density at radius 1 is 1.03 bits per heavy atom. The number of hydrogen-bond donors (Lipinski definition) is 0. The molecule has 2 heterocycles. The van der Waals surface area contributed by atoms with E-state index in [4.69, 9.17) is 4.52 Å². The van der Waals surface area contributed by atoms with Crippen LogP contribution in [0.1, 0.15) is 16.8 Å². The Bertz CT molecular complexity index is 1180. The van der Waals surface area contributed by atoms with Crippen molar-refractivity contribution in [1.29, 1.82) is 0 Å². The highest BCUT2D eigenvalue weighted by Crippen LogP contribution is 2.31. The fourth-order valence-electron chi connectivity index (χ4n) is 2.95. The van der Waals surface area contributed by atoms with Crippen LogP contribution in [0.5, 0.6) is 0 Å². The fourth-order valence-corrected chi connectivity index (χ4v) is 3.60. The third-order valence-corrected chi connectivity index (χ3v) is 5.74. The summed E-state index contributed by atoms with van der Waals surface area (Å²) in [7, 11) is 0. The number of benzene rings is 2. The van der Waals surface area contributed by atoms with Gasteiger partial charge in [0, 0.05) is 11.3 Å². The first-order valence-corrected chi connectivity index (χ1v) is 10.4. The van der Waals surface area contributed by atoms with E-state index in [9.17, 15) is 17.7 Å². The average molecular weight is 446 g/mol. The molecule has 1 unspecified atom stereocenters. The maximum atomic E-state index is 12.6. The van der Waals surface area contributed by atoms with Gasteiger partial charge in [-0.05, 0) is 49.7 Å². The molecule has 10 heteroatoms. The highest BCUT2D eigenvalue weighted by molar-refractivity contribution is 7.92. The molecular formula is C21H17F3N4O2S. The SMILES string of the molecule is Cc1ccc(Cn2nc(-c3nc(-c4ccc([S+]([O-])C(F)(F)F)cc4)no3)cc2C)cc1. The van der Waals surface area contributed by atoms with Gasteiger partial charge in [0.15, 0.2) is 10.6 Å². The first kappa shape index (κ1) is 21.1. The number of rotatable bonds is 5. The van der Waals surface area contributed by atoms with Crippen molar-refractivity contribution < 1.29 is 22.2 Å². The summed E-state index contributed by atoms with van der Waals surface area (Å²) >= 11 is -3.09. The monoisotopic (exact) mass is 446 g/mol. The van der Waals surface area contributed by atoms with Gasteiger partial charge in [0.25, 0.3) is 5.89 Å². The highest BCUT2D eigenvalue weighted by atomic mass is 32.2. The van der Waals surface area contributed by atoms with Crippen molar-refractivity contribution in [2.24, 2.45) is 0 Å². The Morgan fingerprint density at radius 3 is 2.35 bits per heavy atom. The van der Waals surface area contributed by atoms with Crippen LogP contribution in [0.15, 0.2) is 64.0 Å². The third kappa shape index (κ3) is 4.64. The number of alkyl halides is 3. The molecule has 2 aromatic carbocycles. The molecule has 0 aliphatic heterocycles. The van der Waals surface area contributed by atoms with Crippen LogP contribution in [0.4, 0.5) is 13.2 Å². The van der Waals surface area contributed by atoms with E-state index in [0.29, 0.717) is 17.8 Å². The maximum Gasteiger partial charge on any atom is 0.578 e. The van der Waals surface area contributed by atoms with Crippen LogP contribution in [0.3, 0.4) is 0 Å². The molecule has 4 rings (SSSR count). The van der Waals surface area contributed by atoms with E-state index >= 15 is 0 Å². The minimum absolute atomic E-state index is 0.198. The molecule has 0 N–H and O–H groups in total. The van der Waals surface area contributed by atoms with Crippen LogP contribution >= 0.6 is 0 Å². The van der Waals surface area contributed by atoms with Crippen molar-refractivity contribution >= 4 is 11.2 Å². The number of hydrogen-bond acceptors (Lipinski definition) is 5. The van der Waals surface area contributed by atoms with Gasteiger partial charge in [-0.25, -0.2) is 0 Å².